The van der Waals surface area contributed by atoms with Gasteiger partial charge in [0.05, 0.1) is 6.20 Å². The molecular formula is C9H13N3. The van der Waals surface area contributed by atoms with Gasteiger partial charge < -0.3 is 5.32 Å². The fourth-order valence-corrected chi connectivity index (χ4v) is 2.55. The molecule has 0 aromatic carbocycles. The first-order chi connectivity index (χ1) is 5.93. The second-order valence-corrected chi connectivity index (χ2v) is 3.96. The molecule has 1 saturated heterocycles. The molecule has 2 aliphatic rings. The summed E-state index contributed by atoms with van der Waals surface area (Å²) in [7, 11) is 0. The van der Waals surface area contributed by atoms with Crippen LogP contribution in [0.4, 0.5) is 0 Å². The predicted octanol–water partition coefficient (Wildman–Crippen LogP) is 0.659. The van der Waals surface area contributed by atoms with E-state index in [1.165, 1.54) is 30.6 Å². The molecule has 1 aromatic rings. The van der Waals surface area contributed by atoms with Crippen LogP contribution in [0, 0.1) is 5.92 Å². The van der Waals surface area contributed by atoms with Crippen molar-refractivity contribution >= 4 is 0 Å². The summed E-state index contributed by atoms with van der Waals surface area (Å²) in [5, 5.41) is 10.7. The van der Waals surface area contributed by atoms with Crippen LogP contribution in [0.15, 0.2) is 6.20 Å². The zero-order valence-corrected chi connectivity index (χ0v) is 7.01. The van der Waals surface area contributed by atoms with Crippen molar-refractivity contribution in [1.29, 1.82) is 0 Å². The molecule has 3 rings (SSSR count). The monoisotopic (exact) mass is 163 g/mol. The standard InChI is InChI=1S/C9H13N3/c1-6-2-9-8(5-11-12-9)7(1)4-10-3-6/h5-7,10H,1-4H2,(H,11,12). The van der Waals surface area contributed by atoms with Crippen molar-refractivity contribution in [2.75, 3.05) is 13.1 Å². The summed E-state index contributed by atoms with van der Waals surface area (Å²) in [5.41, 5.74) is 2.84. The molecular weight excluding hydrogens is 150 g/mol. The minimum absolute atomic E-state index is 0.728. The summed E-state index contributed by atoms with van der Waals surface area (Å²) in [5.74, 6) is 1.57. The molecule has 12 heavy (non-hydrogen) atoms. The molecule has 0 amide bonds. The van der Waals surface area contributed by atoms with Crippen LogP contribution in [0.3, 0.4) is 0 Å². The van der Waals surface area contributed by atoms with Gasteiger partial charge in [-0.3, -0.25) is 5.10 Å². The lowest BCUT2D eigenvalue weighted by molar-refractivity contribution is 0.316. The van der Waals surface area contributed by atoms with Crippen molar-refractivity contribution in [3.8, 4) is 0 Å². The highest BCUT2D eigenvalue weighted by Crippen LogP contribution is 2.35. The fourth-order valence-electron chi connectivity index (χ4n) is 2.55. The van der Waals surface area contributed by atoms with Crippen LogP contribution in [-0.4, -0.2) is 23.3 Å². The molecule has 2 bridgehead atoms. The number of nitrogens with one attached hydrogen (secondary N) is 2. The molecule has 3 nitrogen and oxygen atoms in total. The summed E-state index contributed by atoms with van der Waals surface area (Å²) in [6.45, 7) is 2.33. The molecule has 1 aliphatic carbocycles. The highest BCUT2D eigenvalue weighted by atomic mass is 15.1. The van der Waals surface area contributed by atoms with E-state index in [9.17, 15) is 0 Å². The zero-order chi connectivity index (χ0) is 7.97. The maximum Gasteiger partial charge on any atom is 0.0525 e. The summed E-state index contributed by atoms with van der Waals surface area (Å²) >= 11 is 0. The molecule has 2 atom stereocenters. The van der Waals surface area contributed by atoms with E-state index in [1.54, 1.807) is 0 Å². The Kier molecular flexibility index (Phi) is 1.29. The molecule has 2 heterocycles. The average molecular weight is 163 g/mol. The Morgan fingerprint density at radius 1 is 1.42 bits per heavy atom. The third-order valence-corrected chi connectivity index (χ3v) is 3.13. The van der Waals surface area contributed by atoms with Gasteiger partial charge in [0, 0.05) is 18.2 Å². The molecule has 0 radical (unpaired) electrons. The number of aromatic amines is 1. The maximum atomic E-state index is 4.11. The number of H-pyrrole nitrogens is 1. The highest BCUT2D eigenvalue weighted by molar-refractivity contribution is 5.26. The van der Waals surface area contributed by atoms with Crippen molar-refractivity contribution in [3.63, 3.8) is 0 Å². The number of hydrogen-bond acceptors (Lipinski definition) is 2. The van der Waals surface area contributed by atoms with Crippen LogP contribution < -0.4 is 5.32 Å². The van der Waals surface area contributed by atoms with E-state index in [1.807, 2.05) is 6.20 Å². The summed E-state index contributed by atoms with van der Waals surface area (Å²) in [6.07, 6.45) is 4.56. The van der Waals surface area contributed by atoms with Gasteiger partial charge in [0.25, 0.3) is 0 Å². The van der Waals surface area contributed by atoms with Gasteiger partial charge in [-0.05, 0) is 30.9 Å². The van der Waals surface area contributed by atoms with E-state index in [2.05, 4.69) is 15.5 Å². The highest BCUT2D eigenvalue weighted by Gasteiger charge is 2.31. The van der Waals surface area contributed by atoms with Crippen LogP contribution in [0.2, 0.25) is 0 Å². The van der Waals surface area contributed by atoms with E-state index in [4.69, 9.17) is 0 Å². The van der Waals surface area contributed by atoms with Crippen molar-refractivity contribution in [2.45, 2.75) is 18.8 Å². The van der Waals surface area contributed by atoms with E-state index < -0.39 is 0 Å². The number of aromatic nitrogens is 2. The first kappa shape index (κ1) is 6.66. The minimum Gasteiger partial charge on any atom is -0.316 e. The molecule has 1 aliphatic heterocycles. The van der Waals surface area contributed by atoms with Gasteiger partial charge in [-0.25, -0.2) is 0 Å². The van der Waals surface area contributed by atoms with Gasteiger partial charge in [-0.1, -0.05) is 0 Å². The summed E-state index contributed by atoms with van der Waals surface area (Å²) < 4.78 is 0. The van der Waals surface area contributed by atoms with Crippen LogP contribution >= 0.6 is 0 Å². The van der Waals surface area contributed by atoms with E-state index in [-0.39, 0.29) is 0 Å². The van der Waals surface area contributed by atoms with Gasteiger partial charge in [-0.15, -0.1) is 0 Å². The number of piperidine rings is 1. The second kappa shape index (κ2) is 2.33. The average Bonchev–Trinajstić information content (AvgIpc) is 2.53. The molecule has 1 aromatic heterocycles. The Labute approximate surface area is 71.6 Å². The topological polar surface area (TPSA) is 40.7 Å². The third kappa shape index (κ3) is 0.829. The predicted molar refractivity (Wildman–Crippen MR) is 46.0 cm³/mol. The van der Waals surface area contributed by atoms with E-state index >= 15 is 0 Å². The van der Waals surface area contributed by atoms with Crippen molar-refractivity contribution in [3.05, 3.63) is 17.5 Å². The van der Waals surface area contributed by atoms with Gasteiger partial charge in [0.1, 0.15) is 0 Å². The molecule has 0 spiro atoms. The lowest BCUT2D eigenvalue weighted by atomic mass is 9.78. The van der Waals surface area contributed by atoms with Crippen LogP contribution in [0.5, 0.6) is 0 Å². The van der Waals surface area contributed by atoms with Crippen LogP contribution in [0.25, 0.3) is 0 Å². The summed E-state index contributed by atoms with van der Waals surface area (Å²) in [4.78, 5) is 0. The largest absolute Gasteiger partial charge is 0.316 e. The SMILES string of the molecule is c1n[nH]c2c1C1CNCC(C2)C1. The quantitative estimate of drug-likeness (QED) is 0.590. The molecule has 2 N–H and O–H groups in total. The first-order valence-electron chi connectivity index (χ1n) is 4.66. The van der Waals surface area contributed by atoms with Crippen LogP contribution in [0.1, 0.15) is 23.6 Å². The molecule has 64 valence electrons. The third-order valence-electron chi connectivity index (χ3n) is 3.13. The molecule has 0 saturated carbocycles. The molecule has 1 fully saturated rings. The van der Waals surface area contributed by atoms with Crippen LogP contribution in [-0.2, 0) is 6.42 Å². The lowest BCUT2D eigenvalue weighted by Crippen LogP contribution is -2.39. The van der Waals surface area contributed by atoms with E-state index in [0.29, 0.717) is 0 Å². The lowest BCUT2D eigenvalue weighted by Gasteiger charge is -2.34. The van der Waals surface area contributed by atoms with Gasteiger partial charge in [0.15, 0.2) is 0 Å². The van der Waals surface area contributed by atoms with Crippen molar-refractivity contribution in [2.24, 2.45) is 5.92 Å². The zero-order valence-electron chi connectivity index (χ0n) is 7.01. The Hall–Kier alpha value is -0.830. The Balaban J connectivity index is 2.04. The molecule has 3 heteroatoms. The first-order valence-corrected chi connectivity index (χ1v) is 4.66. The number of rotatable bonds is 0. The van der Waals surface area contributed by atoms with Crippen molar-refractivity contribution in [1.82, 2.24) is 15.5 Å². The normalized spacial score (nSPS) is 33.0. The Morgan fingerprint density at radius 2 is 2.42 bits per heavy atom. The number of nitrogens with zero attached hydrogens (tertiary/aromatic N) is 1. The Bertz CT molecular complexity index is 292. The molecule has 2 unspecified atom stereocenters. The minimum atomic E-state index is 0.728. The maximum absolute atomic E-state index is 4.11. The summed E-state index contributed by atoms with van der Waals surface area (Å²) in [6, 6.07) is 0. The fraction of sp³-hybridized carbons (Fsp3) is 0.667. The van der Waals surface area contributed by atoms with Gasteiger partial charge >= 0.3 is 0 Å². The van der Waals surface area contributed by atoms with Gasteiger partial charge in [0.2, 0.25) is 0 Å². The number of fused-ring (bicyclic) bond motifs is 4. The second-order valence-electron chi connectivity index (χ2n) is 3.96. The van der Waals surface area contributed by atoms with Gasteiger partial charge in [-0.2, -0.15) is 5.10 Å². The smallest absolute Gasteiger partial charge is 0.0525 e. The van der Waals surface area contributed by atoms with Crippen molar-refractivity contribution < 1.29 is 0 Å². The number of hydrogen-bond donors (Lipinski definition) is 2. The van der Waals surface area contributed by atoms with E-state index in [0.717, 1.165) is 18.4 Å². The Morgan fingerprint density at radius 3 is 3.42 bits per heavy atom.